The van der Waals surface area contributed by atoms with Crippen LogP contribution in [-0.2, 0) is 23.1 Å². The number of hydrogen-bond donors (Lipinski definition) is 0. The monoisotopic (exact) mass is 329 g/mol. The molecule has 0 spiro atoms. The molecular weight excluding hydrogens is 310 g/mol. The molecular formula is C17H19N3O2S. The summed E-state index contributed by atoms with van der Waals surface area (Å²) in [5.74, 6) is 0. The number of rotatable bonds is 5. The molecule has 0 amide bonds. The Morgan fingerprint density at radius 3 is 2.57 bits per heavy atom. The zero-order valence-electron chi connectivity index (χ0n) is 13.2. The Balaban J connectivity index is 1.92. The average molecular weight is 329 g/mol. The lowest BCUT2D eigenvalue weighted by atomic mass is 10.1. The van der Waals surface area contributed by atoms with E-state index in [0.29, 0.717) is 18.0 Å². The summed E-state index contributed by atoms with van der Waals surface area (Å²) in [7, 11) is -1.94. The number of sulfonamides is 1. The second kappa shape index (κ2) is 6.14. The van der Waals surface area contributed by atoms with Gasteiger partial charge in [0.15, 0.2) is 0 Å². The molecule has 0 radical (unpaired) electrons. The van der Waals surface area contributed by atoms with Crippen molar-refractivity contribution in [2.75, 3.05) is 7.05 Å². The Bertz CT molecular complexity index is 932. The summed E-state index contributed by atoms with van der Waals surface area (Å²) in [4.78, 5) is 0.307. The molecule has 0 saturated heterocycles. The molecule has 1 aromatic heterocycles. The Kier molecular flexibility index (Phi) is 4.19. The first-order valence-electron chi connectivity index (χ1n) is 7.48. The summed E-state index contributed by atoms with van der Waals surface area (Å²) in [6.07, 6.45) is 1.69. The van der Waals surface area contributed by atoms with E-state index in [2.05, 4.69) is 5.10 Å². The fourth-order valence-corrected chi connectivity index (χ4v) is 3.78. The molecule has 0 aliphatic carbocycles. The van der Waals surface area contributed by atoms with Gasteiger partial charge in [0.05, 0.1) is 17.1 Å². The molecule has 3 rings (SSSR count). The summed E-state index contributed by atoms with van der Waals surface area (Å²) < 4.78 is 28.8. The highest BCUT2D eigenvalue weighted by Gasteiger charge is 2.22. The Labute approximate surface area is 136 Å². The van der Waals surface area contributed by atoms with E-state index in [1.807, 2.05) is 43.3 Å². The first-order valence-corrected chi connectivity index (χ1v) is 8.92. The minimum atomic E-state index is -3.54. The Hall–Kier alpha value is -2.18. The van der Waals surface area contributed by atoms with Gasteiger partial charge in [-0.05, 0) is 35.9 Å². The van der Waals surface area contributed by atoms with Gasteiger partial charge in [0.1, 0.15) is 0 Å². The van der Waals surface area contributed by atoms with Crippen molar-refractivity contribution in [3.63, 3.8) is 0 Å². The lowest BCUT2D eigenvalue weighted by Gasteiger charge is -2.18. The highest BCUT2D eigenvalue weighted by molar-refractivity contribution is 7.89. The number of nitrogens with zero attached hydrogens (tertiary/aromatic N) is 3. The maximum atomic E-state index is 12.8. The van der Waals surface area contributed by atoms with E-state index in [1.165, 1.54) is 4.31 Å². The maximum Gasteiger partial charge on any atom is 0.243 e. The summed E-state index contributed by atoms with van der Waals surface area (Å²) in [5.41, 5.74) is 0.874. The molecule has 120 valence electrons. The fraction of sp³-hybridized carbons (Fsp3) is 0.235. The lowest BCUT2D eigenvalue weighted by molar-refractivity contribution is 0.447. The first-order chi connectivity index (χ1) is 11.0. The number of benzene rings is 2. The van der Waals surface area contributed by atoms with Crippen molar-refractivity contribution in [3.05, 3.63) is 60.4 Å². The van der Waals surface area contributed by atoms with Crippen LogP contribution in [0.15, 0.2) is 59.6 Å². The van der Waals surface area contributed by atoms with Crippen LogP contribution >= 0.6 is 0 Å². The molecule has 1 heterocycles. The van der Waals surface area contributed by atoms with Crippen LogP contribution in [0, 0.1) is 0 Å². The zero-order chi connectivity index (χ0) is 16.4. The molecule has 23 heavy (non-hydrogen) atoms. The smallest absolute Gasteiger partial charge is 0.243 e. The van der Waals surface area contributed by atoms with Gasteiger partial charge < -0.3 is 0 Å². The van der Waals surface area contributed by atoms with Crippen LogP contribution in [0.25, 0.3) is 10.8 Å². The van der Waals surface area contributed by atoms with Crippen LogP contribution in [0.4, 0.5) is 0 Å². The van der Waals surface area contributed by atoms with E-state index in [1.54, 1.807) is 30.1 Å². The lowest BCUT2D eigenvalue weighted by Crippen LogP contribution is -2.27. The highest BCUT2D eigenvalue weighted by atomic mass is 32.2. The molecule has 0 aliphatic rings. The largest absolute Gasteiger partial charge is 0.269 e. The minimum absolute atomic E-state index is 0.295. The van der Waals surface area contributed by atoms with Crippen LogP contribution in [0.5, 0.6) is 0 Å². The molecule has 0 N–H and O–H groups in total. The molecule has 6 heteroatoms. The van der Waals surface area contributed by atoms with Crippen LogP contribution in [0.3, 0.4) is 0 Å². The molecule has 2 aromatic carbocycles. The van der Waals surface area contributed by atoms with Crippen LogP contribution in [0.2, 0.25) is 0 Å². The second-order valence-electron chi connectivity index (χ2n) is 5.41. The maximum absolute atomic E-state index is 12.8. The van der Waals surface area contributed by atoms with Gasteiger partial charge in [-0.25, -0.2) is 8.42 Å². The van der Waals surface area contributed by atoms with Crippen molar-refractivity contribution in [2.45, 2.75) is 24.9 Å². The molecule has 3 aromatic rings. The van der Waals surface area contributed by atoms with Gasteiger partial charge in [-0.3, -0.25) is 4.68 Å². The predicted molar refractivity (Wildman–Crippen MR) is 90.5 cm³/mol. The van der Waals surface area contributed by atoms with Gasteiger partial charge in [-0.1, -0.05) is 30.3 Å². The Morgan fingerprint density at radius 1 is 1.09 bits per heavy atom. The molecule has 5 nitrogen and oxygen atoms in total. The number of hydrogen-bond acceptors (Lipinski definition) is 3. The zero-order valence-corrected chi connectivity index (χ0v) is 14.0. The van der Waals surface area contributed by atoms with Crippen LogP contribution in [0.1, 0.15) is 12.6 Å². The fourth-order valence-electron chi connectivity index (χ4n) is 2.60. The van der Waals surface area contributed by atoms with E-state index in [0.717, 1.165) is 16.5 Å². The standard InChI is InChI=1S/C17H19N3O2S/c1-3-20-16(10-11-18-20)13-19(2)23(21,22)17-9-8-14-6-4-5-7-15(14)12-17/h4-12H,3,13H2,1-2H3. The van der Waals surface area contributed by atoms with E-state index in [9.17, 15) is 8.42 Å². The number of fused-ring (bicyclic) bond motifs is 1. The SMILES string of the molecule is CCn1nccc1CN(C)S(=O)(=O)c1ccc2ccccc2c1. The first kappa shape index (κ1) is 15.7. The summed E-state index contributed by atoms with van der Waals surface area (Å²) in [6.45, 7) is 2.99. The molecule has 0 fully saturated rings. The Morgan fingerprint density at radius 2 is 1.83 bits per heavy atom. The second-order valence-corrected chi connectivity index (χ2v) is 7.45. The molecule has 0 aliphatic heterocycles. The number of aromatic nitrogens is 2. The third-order valence-electron chi connectivity index (χ3n) is 3.92. The summed E-state index contributed by atoms with van der Waals surface area (Å²) in [5, 5.41) is 6.12. The van der Waals surface area contributed by atoms with Gasteiger partial charge in [-0.2, -0.15) is 9.40 Å². The van der Waals surface area contributed by atoms with E-state index in [4.69, 9.17) is 0 Å². The normalized spacial score (nSPS) is 12.1. The average Bonchev–Trinajstić information content (AvgIpc) is 3.01. The van der Waals surface area contributed by atoms with E-state index in [-0.39, 0.29) is 0 Å². The topological polar surface area (TPSA) is 55.2 Å². The molecule has 0 bridgehead atoms. The van der Waals surface area contributed by atoms with Crippen molar-refractivity contribution >= 4 is 20.8 Å². The van der Waals surface area contributed by atoms with Crippen molar-refractivity contribution < 1.29 is 8.42 Å². The summed E-state index contributed by atoms with van der Waals surface area (Å²) in [6, 6.07) is 14.8. The van der Waals surface area contributed by atoms with E-state index >= 15 is 0 Å². The molecule has 0 unspecified atom stereocenters. The van der Waals surface area contributed by atoms with Gasteiger partial charge in [-0.15, -0.1) is 0 Å². The highest BCUT2D eigenvalue weighted by Crippen LogP contribution is 2.22. The van der Waals surface area contributed by atoms with Gasteiger partial charge in [0.2, 0.25) is 10.0 Å². The quantitative estimate of drug-likeness (QED) is 0.723. The minimum Gasteiger partial charge on any atom is -0.269 e. The van der Waals surface area contributed by atoms with Crippen molar-refractivity contribution in [2.24, 2.45) is 0 Å². The third kappa shape index (κ3) is 3.00. The van der Waals surface area contributed by atoms with Gasteiger partial charge in [0.25, 0.3) is 0 Å². The third-order valence-corrected chi connectivity index (χ3v) is 5.72. The molecule has 0 saturated carbocycles. The van der Waals surface area contributed by atoms with Crippen LogP contribution < -0.4 is 0 Å². The molecule has 0 atom stereocenters. The van der Waals surface area contributed by atoms with E-state index < -0.39 is 10.0 Å². The van der Waals surface area contributed by atoms with Crippen molar-refractivity contribution in [1.82, 2.24) is 14.1 Å². The van der Waals surface area contributed by atoms with Crippen molar-refractivity contribution in [3.8, 4) is 0 Å². The summed E-state index contributed by atoms with van der Waals surface area (Å²) >= 11 is 0. The van der Waals surface area contributed by atoms with Gasteiger partial charge >= 0.3 is 0 Å². The number of aryl methyl sites for hydroxylation is 1. The van der Waals surface area contributed by atoms with Crippen molar-refractivity contribution in [1.29, 1.82) is 0 Å². The van der Waals surface area contributed by atoms with Crippen LogP contribution in [-0.4, -0.2) is 29.6 Å². The predicted octanol–water partition coefficient (Wildman–Crippen LogP) is 2.88. The van der Waals surface area contributed by atoms with Gasteiger partial charge in [0, 0.05) is 19.8 Å².